The van der Waals surface area contributed by atoms with Crippen LogP contribution in [0.25, 0.3) is 0 Å². The zero-order valence-corrected chi connectivity index (χ0v) is 14.7. The number of ether oxygens (including phenoxy) is 1. The fraction of sp³-hybridized carbons (Fsp3) is 0.526. The molecule has 1 aromatic carbocycles. The molecule has 0 spiro atoms. The lowest BCUT2D eigenvalue weighted by Crippen LogP contribution is -2.46. The third-order valence-electron chi connectivity index (χ3n) is 5.25. The summed E-state index contributed by atoms with van der Waals surface area (Å²) in [7, 11) is 0. The lowest BCUT2D eigenvalue weighted by atomic mass is 9.80. The minimum atomic E-state index is -0.954. The molecular weight excluding hydrogens is 336 g/mol. The summed E-state index contributed by atoms with van der Waals surface area (Å²) in [5.41, 5.74) is 0.501. The first-order valence-corrected chi connectivity index (χ1v) is 8.96. The normalized spacial score (nSPS) is 19.4. The Morgan fingerprint density at radius 1 is 1.19 bits per heavy atom. The molecule has 2 amide bonds. The molecule has 3 rings (SSSR count). The van der Waals surface area contributed by atoms with E-state index in [0.717, 1.165) is 18.5 Å². The number of aliphatic carboxylic acids is 1. The smallest absolute Gasteiger partial charge is 0.311 e. The summed E-state index contributed by atoms with van der Waals surface area (Å²) < 4.78 is 5.24. The number of rotatable bonds is 6. The molecule has 0 unspecified atom stereocenters. The third-order valence-corrected chi connectivity index (χ3v) is 5.25. The summed E-state index contributed by atoms with van der Waals surface area (Å²) >= 11 is 0. The van der Waals surface area contributed by atoms with Crippen molar-refractivity contribution >= 4 is 17.8 Å². The summed E-state index contributed by atoms with van der Waals surface area (Å²) in [6, 6.07) is 7.09. The van der Waals surface area contributed by atoms with E-state index in [1.165, 1.54) is 0 Å². The van der Waals surface area contributed by atoms with E-state index in [-0.39, 0.29) is 18.4 Å². The van der Waals surface area contributed by atoms with E-state index in [1.807, 2.05) is 17.0 Å². The highest BCUT2D eigenvalue weighted by Gasteiger charge is 2.40. The zero-order chi connectivity index (χ0) is 18.6. The molecule has 0 saturated carbocycles. The maximum atomic E-state index is 12.4. The molecule has 2 aliphatic heterocycles. The summed E-state index contributed by atoms with van der Waals surface area (Å²) in [5, 5.41) is 12.3. The Balaban J connectivity index is 1.57. The molecule has 0 aromatic heterocycles. The van der Waals surface area contributed by atoms with E-state index >= 15 is 0 Å². The minimum absolute atomic E-state index is 0.0918. The lowest BCUT2D eigenvalue weighted by molar-refractivity contribution is -0.154. The highest BCUT2D eigenvalue weighted by molar-refractivity contribution is 5.94. The van der Waals surface area contributed by atoms with E-state index in [9.17, 15) is 19.5 Å². The van der Waals surface area contributed by atoms with Crippen molar-refractivity contribution in [1.29, 1.82) is 0 Å². The Kier molecular flexibility index (Phi) is 5.56. The number of nitrogens with one attached hydrogen (secondary N) is 1. The van der Waals surface area contributed by atoms with Gasteiger partial charge in [-0.15, -0.1) is 0 Å². The maximum absolute atomic E-state index is 12.4. The summed E-state index contributed by atoms with van der Waals surface area (Å²) in [4.78, 5) is 37.5. The van der Waals surface area contributed by atoms with Crippen molar-refractivity contribution in [2.24, 2.45) is 5.41 Å². The van der Waals surface area contributed by atoms with Crippen molar-refractivity contribution in [3.8, 4) is 0 Å². The number of carboxylic acids is 1. The van der Waals surface area contributed by atoms with Crippen LogP contribution in [0.15, 0.2) is 24.3 Å². The molecule has 2 saturated heterocycles. The molecule has 7 heteroatoms. The fourth-order valence-corrected chi connectivity index (χ4v) is 3.43. The molecular formula is C19H24N2O5. The van der Waals surface area contributed by atoms with Crippen molar-refractivity contribution in [2.45, 2.75) is 32.2 Å². The van der Waals surface area contributed by atoms with Gasteiger partial charge in [0.05, 0.1) is 5.41 Å². The molecule has 0 atom stereocenters. The van der Waals surface area contributed by atoms with Crippen LogP contribution in [0.1, 0.15) is 41.6 Å². The van der Waals surface area contributed by atoms with Gasteiger partial charge < -0.3 is 20.1 Å². The van der Waals surface area contributed by atoms with Crippen LogP contribution in [0.3, 0.4) is 0 Å². The second-order valence-electron chi connectivity index (χ2n) is 7.00. The van der Waals surface area contributed by atoms with Crippen LogP contribution in [0.5, 0.6) is 0 Å². The largest absolute Gasteiger partial charge is 0.481 e. The molecule has 2 fully saturated rings. The van der Waals surface area contributed by atoms with Gasteiger partial charge in [0.15, 0.2) is 0 Å². The number of carbonyl (C=O) groups excluding carboxylic acids is 2. The SMILES string of the molecule is O=C(NCC1(C(=O)O)CCOCC1)c1ccc(CN2CCCC2=O)cc1. The predicted octanol–water partition coefficient (Wildman–Crippen LogP) is 1.42. The van der Waals surface area contributed by atoms with Crippen LogP contribution in [0, 0.1) is 5.41 Å². The average molecular weight is 360 g/mol. The molecule has 26 heavy (non-hydrogen) atoms. The van der Waals surface area contributed by atoms with E-state index in [1.54, 1.807) is 12.1 Å². The monoisotopic (exact) mass is 360 g/mol. The highest BCUT2D eigenvalue weighted by Crippen LogP contribution is 2.30. The number of hydrogen-bond donors (Lipinski definition) is 2. The van der Waals surface area contributed by atoms with Crippen molar-refractivity contribution in [2.75, 3.05) is 26.3 Å². The Hall–Kier alpha value is -2.41. The van der Waals surface area contributed by atoms with Crippen molar-refractivity contribution < 1.29 is 24.2 Å². The standard InChI is InChI=1S/C19H24N2O5/c22-16-2-1-9-21(16)12-14-3-5-15(6-4-14)17(23)20-13-19(18(24)25)7-10-26-11-8-19/h3-6H,1-2,7-13H2,(H,20,23)(H,24,25). The van der Waals surface area contributed by atoms with Crippen LogP contribution < -0.4 is 5.32 Å². The maximum Gasteiger partial charge on any atom is 0.311 e. The zero-order valence-electron chi connectivity index (χ0n) is 14.7. The molecule has 2 aliphatic rings. The second kappa shape index (κ2) is 7.86. The van der Waals surface area contributed by atoms with Gasteiger partial charge in [0, 0.05) is 44.8 Å². The van der Waals surface area contributed by atoms with Crippen LogP contribution in [0.4, 0.5) is 0 Å². The molecule has 0 radical (unpaired) electrons. The molecule has 1 aromatic rings. The number of carbonyl (C=O) groups is 3. The average Bonchev–Trinajstić information content (AvgIpc) is 3.05. The predicted molar refractivity (Wildman–Crippen MR) is 93.5 cm³/mol. The highest BCUT2D eigenvalue weighted by atomic mass is 16.5. The van der Waals surface area contributed by atoms with Crippen molar-refractivity contribution in [1.82, 2.24) is 10.2 Å². The Morgan fingerprint density at radius 2 is 1.88 bits per heavy atom. The van der Waals surface area contributed by atoms with Gasteiger partial charge in [0.2, 0.25) is 5.91 Å². The lowest BCUT2D eigenvalue weighted by Gasteiger charge is -2.33. The molecule has 2 N–H and O–H groups in total. The van der Waals surface area contributed by atoms with Crippen LogP contribution in [-0.4, -0.2) is 54.1 Å². The van der Waals surface area contributed by atoms with Crippen LogP contribution in [0.2, 0.25) is 0 Å². The number of carboxylic acid groups (broad SMARTS) is 1. The summed E-state index contributed by atoms with van der Waals surface area (Å²) in [6.45, 7) is 2.22. The first-order valence-electron chi connectivity index (χ1n) is 8.96. The molecule has 2 heterocycles. The third kappa shape index (κ3) is 4.04. The Labute approximate surface area is 152 Å². The van der Waals surface area contributed by atoms with Crippen molar-refractivity contribution in [3.63, 3.8) is 0 Å². The molecule has 140 valence electrons. The minimum Gasteiger partial charge on any atom is -0.481 e. The number of benzene rings is 1. The Bertz CT molecular complexity index is 680. The molecule has 0 bridgehead atoms. The van der Waals surface area contributed by atoms with E-state index in [2.05, 4.69) is 5.32 Å². The van der Waals surface area contributed by atoms with Gasteiger partial charge in [-0.1, -0.05) is 12.1 Å². The van der Waals surface area contributed by atoms with E-state index in [0.29, 0.717) is 44.6 Å². The number of hydrogen-bond acceptors (Lipinski definition) is 4. The van der Waals surface area contributed by atoms with E-state index < -0.39 is 11.4 Å². The summed E-state index contributed by atoms with van der Waals surface area (Å²) in [6.07, 6.45) is 2.30. The Morgan fingerprint density at radius 3 is 2.46 bits per heavy atom. The number of amides is 2. The molecule has 0 aliphatic carbocycles. The summed E-state index contributed by atoms with van der Waals surface area (Å²) in [5.74, 6) is -1.02. The topological polar surface area (TPSA) is 95.9 Å². The van der Waals surface area contributed by atoms with Crippen LogP contribution >= 0.6 is 0 Å². The van der Waals surface area contributed by atoms with Gasteiger partial charge in [0.1, 0.15) is 0 Å². The van der Waals surface area contributed by atoms with Gasteiger partial charge in [-0.3, -0.25) is 14.4 Å². The van der Waals surface area contributed by atoms with E-state index in [4.69, 9.17) is 4.74 Å². The van der Waals surface area contributed by atoms with Crippen molar-refractivity contribution in [3.05, 3.63) is 35.4 Å². The van der Waals surface area contributed by atoms with Gasteiger partial charge in [0.25, 0.3) is 5.91 Å². The fourth-order valence-electron chi connectivity index (χ4n) is 3.43. The first kappa shape index (κ1) is 18.4. The second-order valence-corrected chi connectivity index (χ2v) is 7.00. The van der Waals surface area contributed by atoms with Crippen LogP contribution in [-0.2, 0) is 20.9 Å². The molecule has 7 nitrogen and oxygen atoms in total. The van der Waals surface area contributed by atoms with Gasteiger partial charge >= 0.3 is 5.97 Å². The quantitative estimate of drug-likeness (QED) is 0.800. The first-order chi connectivity index (χ1) is 12.5. The van der Waals surface area contributed by atoms with Gasteiger partial charge in [-0.25, -0.2) is 0 Å². The van der Waals surface area contributed by atoms with Gasteiger partial charge in [-0.05, 0) is 37.0 Å². The van der Waals surface area contributed by atoms with Gasteiger partial charge in [-0.2, -0.15) is 0 Å². The number of nitrogens with zero attached hydrogens (tertiary/aromatic N) is 1. The number of likely N-dealkylation sites (tertiary alicyclic amines) is 1.